The summed E-state index contributed by atoms with van der Waals surface area (Å²) in [5, 5.41) is 0.270. The van der Waals surface area contributed by atoms with E-state index < -0.39 is 0 Å². The number of allylic oxidation sites excluding steroid dienone is 2. The Balaban J connectivity index is 1.94. The first-order valence-electron chi connectivity index (χ1n) is 6.52. The van der Waals surface area contributed by atoms with Gasteiger partial charge in [0.05, 0.1) is 12.3 Å². The molecule has 0 fully saturated rings. The van der Waals surface area contributed by atoms with E-state index in [0.717, 1.165) is 25.0 Å². The quantitative estimate of drug-likeness (QED) is 0.627. The van der Waals surface area contributed by atoms with Crippen LogP contribution >= 0.6 is 11.6 Å². The van der Waals surface area contributed by atoms with Crippen LogP contribution < -0.4 is 0 Å². The van der Waals surface area contributed by atoms with Crippen molar-refractivity contribution in [2.45, 2.75) is 32.6 Å². The largest absolute Gasteiger partial charge is 0.466 e. The van der Waals surface area contributed by atoms with Gasteiger partial charge in [-0.3, -0.25) is 4.79 Å². The van der Waals surface area contributed by atoms with Crippen LogP contribution in [0.4, 0.5) is 0 Å². The first kappa shape index (κ1) is 14.0. The summed E-state index contributed by atoms with van der Waals surface area (Å²) in [6.07, 6.45) is 7.09. The Morgan fingerprint density at radius 3 is 3.05 bits per heavy atom. The Labute approximate surface area is 117 Å². The second kappa shape index (κ2) is 6.66. The van der Waals surface area contributed by atoms with E-state index in [-0.39, 0.29) is 11.3 Å². The van der Waals surface area contributed by atoms with Crippen molar-refractivity contribution in [3.8, 4) is 0 Å². The van der Waals surface area contributed by atoms with Crippen molar-refractivity contribution in [2.75, 3.05) is 6.61 Å². The zero-order chi connectivity index (χ0) is 13.7. The summed E-state index contributed by atoms with van der Waals surface area (Å²) in [5.74, 6) is 0.273. The molecule has 4 nitrogen and oxygen atoms in total. The lowest BCUT2D eigenvalue weighted by atomic mass is 9.86. The lowest BCUT2D eigenvalue weighted by molar-refractivity contribution is -0.144. The summed E-state index contributed by atoms with van der Waals surface area (Å²) in [6, 6.07) is 1.86. The van der Waals surface area contributed by atoms with Crippen LogP contribution in [0.3, 0.4) is 0 Å². The number of carbonyl (C=O) groups excluding carboxylic acids is 1. The molecule has 1 unspecified atom stereocenters. The summed E-state index contributed by atoms with van der Waals surface area (Å²) in [4.78, 5) is 19.5. The number of hydrogen-bond acceptors (Lipinski definition) is 4. The fraction of sp³-hybridized carbons (Fsp3) is 0.500. The molecule has 1 aromatic rings. The zero-order valence-electron chi connectivity index (χ0n) is 10.9. The summed E-state index contributed by atoms with van der Waals surface area (Å²) >= 11 is 5.79. The van der Waals surface area contributed by atoms with Crippen molar-refractivity contribution in [1.29, 1.82) is 0 Å². The average Bonchev–Trinajstić information content (AvgIpc) is 2.40. The summed E-state index contributed by atoms with van der Waals surface area (Å²) in [6.45, 7) is 2.28. The number of nitrogens with zero attached hydrogens (tertiary/aromatic N) is 2. The molecule has 0 bridgehead atoms. The normalized spacial score (nSPS) is 18.8. The monoisotopic (exact) mass is 280 g/mol. The third-order valence-corrected chi connectivity index (χ3v) is 3.42. The van der Waals surface area contributed by atoms with Crippen molar-refractivity contribution in [2.24, 2.45) is 5.92 Å². The molecule has 0 radical (unpaired) electrons. The molecule has 0 N–H and O–H groups in total. The van der Waals surface area contributed by atoms with Gasteiger partial charge in [0, 0.05) is 12.6 Å². The van der Waals surface area contributed by atoms with Crippen LogP contribution in [0.5, 0.6) is 0 Å². The molecule has 1 heterocycles. The van der Waals surface area contributed by atoms with Crippen LogP contribution in [0.2, 0.25) is 5.28 Å². The smallest absolute Gasteiger partial charge is 0.306 e. The number of halogens is 1. The van der Waals surface area contributed by atoms with E-state index in [9.17, 15) is 4.79 Å². The molecule has 102 valence electrons. The number of aromatic nitrogens is 2. The molecule has 0 saturated heterocycles. The minimum Gasteiger partial charge on any atom is -0.466 e. The Kier molecular flexibility index (Phi) is 4.91. The van der Waals surface area contributed by atoms with E-state index in [4.69, 9.17) is 16.3 Å². The van der Waals surface area contributed by atoms with Crippen LogP contribution in [0.15, 0.2) is 18.3 Å². The number of hydrogen-bond donors (Lipinski definition) is 0. The van der Waals surface area contributed by atoms with Crippen molar-refractivity contribution in [1.82, 2.24) is 9.97 Å². The molecule has 1 aliphatic rings. The molecule has 5 heteroatoms. The third-order valence-electron chi connectivity index (χ3n) is 3.24. The third kappa shape index (κ3) is 4.03. The summed E-state index contributed by atoms with van der Waals surface area (Å²) < 4.78 is 4.97. The van der Waals surface area contributed by atoms with Gasteiger partial charge < -0.3 is 4.74 Å². The highest BCUT2D eigenvalue weighted by molar-refractivity contribution is 6.28. The highest BCUT2D eigenvalue weighted by Gasteiger charge is 2.19. The molecule has 0 spiro atoms. The van der Waals surface area contributed by atoms with Crippen LogP contribution in [0.1, 0.15) is 38.3 Å². The van der Waals surface area contributed by atoms with E-state index in [1.165, 1.54) is 5.57 Å². The maximum atomic E-state index is 11.4. The van der Waals surface area contributed by atoms with Gasteiger partial charge in [0.25, 0.3) is 0 Å². The fourth-order valence-corrected chi connectivity index (χ4v) is 2.42. The predicted molar refractivity (Wildman–Crippen MR) is 73.6 cm³/mol. The van der Waals surface area contributed by atoms with Gasteiger partial charge >= 0.3 is 5.97 Å². The second-order valence-corrected chi connectivity index (χ2v) is 4.93. The van der Waals surface area contributed by atoms with Gasteiger partial charge in [-0.1, -0.05) is 6.08 Å². The van der Waals surface area contributed by atoms with Gasteiger partial charge in [-0.05, 0) is 55.3 Å². The molecule has 0 aliphatic heterocycles. The standard InChI is InChI=1S/C14H17ClN2O2/c1-2-19-13(18)9-10-3-5-11(6-4-10)12-7-8-16-14(15)17-12/h5,7-8,10H,2-4,6,9H2,1H3. The highest BCUT2D eigenvalue weighted by Crippen LogP contribution is 2.31. The summed E-state index contributed by atoms with van der Waals surface area (Å²) in [5.41, 5.74) is 2.07. The number of rotatable bonds is 4. The SMILES string of the molecule is CCOC(=O)CC1CC=C(c2ccnc(Cl)n2)CC1. The van der Waals surface area contributed by atoms with Crippen LogP contribution in [-0.2, 0) is 9.53 Å². The van der Waals surface area contributed by atoms with Gasteiger partial charge in [0.1, 0.15) is 0 Å². The average molecular weight is 281 g/mol. The second-order valence-electron chi connectivity index (χ2n) is 4.59. The Hall–Kier alpha value is -1.42. The number of esters is 1. The Morgan fingerprint density at radius 1 is 1.58 bits per heavy atom. The van der Waals surface area contributed by atoms with E-state index in [1.807, 2.05) is 13.0 Å². The lowest BCUT2D eigenvalue weighted by Gasteiger charge is -2.20. The van der Waals surface area contributed by atoms with Crippen molar-refractivity contribution >= 4 is 23.1 Å². The first-order chi connectivity index (χ1) is 9.19. The van der Waals surface area contributed by atoms with Crippen LogP contribution in [0, 0.1) is 5.92 Å². The van der Waals surface area contributed by atoms with Crippen molar-refractivity contribution in [3.05, 3.63) is 29.3 Å². The summed E-state index contributed by atoms with van der Waals surface area (Å²) in [7, 11) is 0. The molecule has 2 rings (SSSR count). The Bertz CT molecular complexity index is 488. The van der Waals surface area contributed by atoms with Gasteiger partial charge in [-0.15, -0.1) is 0 Å². The molecular weight excluding hydrogens is 264 g/mol. The van der Waals surface area contributed by atoms with Gasteiger partial charge in [-0.25, -0.2) is 9.97 Å². The van der Waals surface area contributed by atoms with Gasteiger partial charge in [0.2, 0.25) is 5.28 Å². The predicted octanol–water partition coefficient (Wildman–Crippen LogP) is 3.27. The number of ether oxygens (including phenoxy) is 1. The lowest BCUT2D eigenvalue weighted by Crippen LogP contribution is -2.14. The van der Waals surface area contributed by atoms with Gasteiger partial charge in [0.15, 0.2) is 0 Å². The maximum absolute atomic E-state index is 11.4. The minimum atomic E-state index is -0.102. The maximum Gasteiger partial charge on any atom is 0.306 e. The van der Waals surface area contributed by atoms with E-state index in [0.29, 0.717) is 18.9 Å². The molecule has 1 atom stereocenters. The van der Waals surface area contributed by atoms with Crippen LogP contribution in [0.25, 0.3) is 5.57 Å². The fourth-order valence-electron chi connectivity index (χ4n) is 2.28. The topological polar surface area (TPSA) is 52.1 Å². The van der Waals surface area contributed by atoms with Gasteiger partial charge in [-0.2, -0.15) is 0 Å². The van der Waals surface area contributed by atoms with Crippen molar-refractivity contribution in [3.63, 3.8) is 0 Å². The highest BCUT2D eigenvalue weighted by atomic mass is 35.5. The minimum absolute atomic E-state index is 0.102. The zero-order valence-corrected chi connectivity index (χ0v) is 11.7. The number of carbonyl (C=O) groups is 1. The molecule has 0 amide bonds. The molecule has 1 aliphatic carbocycles. The first-order valence-corrected chi connectivity index (χ1v) is 6.90. The molecule has 19 heavy (non-hydrogen) atoms. The van der Waals surface area contributed by atoms with Crippen LogP contribution in [-0.4, -0.2) is 22.5 Å². The van der Waals surface area contributed by atoms with E-state index in [2.05, 4.69) is 16.0 Å². The molecule has 0 aromatic carbocycles. The molecule has 1 aromatic heterocycles. The molecular formula is C14H17ClN2O2. The van der Waals surface area contributed by atoms with E-state index >= 15 is 0 Å². The van der Waals surface area contributed by atoms with E-state index in [1.54, 1.807) is 6.20 Å². The Morgan fingerprint density at radius 2 is 2.42 bits per heavy atom. The molecule has 0 saturated carbocycles. The van der Waals surface area contributed by atoms with Crippen molar-refractivity contribution < 1.29 is 9.53 Å².